The van der Waals surface area contributed by atoms with Crippen LogP contribution in [0.5, 0.6) is 23.0 Å². The van der Waals surface area contributed by atoms with Crippen LogP contribution >= 0.6 is 0 Å². The summed E-state index contributed by atoms with van der Waals surface area (Å²) < 4.78 is 52.9. The number of rotatable bonds is 8. The minimum Gasteiger partial charge on any atom is -0.456 e. The molecule has 13 nitrogen and oxygen atoms in total. The molecule has 1 saturated carbocycles. The Morgan fingerprint density at radius 1 is 0.647 bits per heavy atom. The quantitative estimate of drug-likeness (QED) is 0.108. The summed E-state index contributed by atoms with van der Waals surface area (Å²) in [6.45, 7) is 5.96. The predicted molar refractivity (Wildman–Crippen MR) is 258 cm³/mol. The second kappa shape index (κ2) is 18.3. The molecule has 0 radical (unpaired) electrons. The molecule has 15 heteroatoms. The lowest BCUT2D eigenvalue weighted by Gasteiger charge is -2.29. The first kappa shape index (κ1) is 43.1. The van der Waals surface area contributed by atoms with Crippen molar-refractivity contribution in [3.63, 3.8) is 0 Å². The summed E-state index contributed by atoms with van der Waals surface area (Å²) >= 11 is 0. The number of aromatic nitrogens is 3. The molecule has 0 atom stereocenters. The van der Waals surface area contributed by atoms with Crippen LogP contribution in [0.25, 0.3) is 22.5 Å². The van der Waals surface area contributed by atoms with Crippen LogP contribution in [0.3, 0.4) is 0 Å². The van der Waals surface area contributed by atoms with Crippen LogP contribution in [-0.4, -0.2) is 67.6 Å². The van der Waals surface area contributed by atoms with Crippen molar-refractivity contribution in [2.75, 3.05) is 73.5 Å². The van der Waals surface area contributed by atoms with Crippen molar-refractivity contribution in [1.29, 1.82) is 0 Å². The number of aromatic amines is 2. The maximum Gasteiger partial charge on any atom is 0.250 e. The van der Waals surface area contributed by atoms with Gasteiger partial charge in [-0.2, -0.15) is 0 Å². The molecular formula is C53H49F2N7O6. The third-order valence-electron chi connectivity index (χ3n) is 13.1. The van der Waals surface area contributed by atoms with Crippen LogP contribution in [0.2, 0.25) is 0 Å². The summed E-state index contributed by atoms with van der Waals surface area (Å²) in [5.74, 6) is 2.21. The molecule has 7 aromatic rings. The molecule has 3 aromatic heterocycles. The van der Waals surface area contributed by atoms with E-state index in [9.17, 15) is 14.0 Å². The van der Waals surface area contributed by atoms with E-state index in [4.69, 9.17) is 24.7 Å². The third-order valence-corrected chi connectivity index (χ3v) is 13.1. The van der Waals surface area contributed by atoms with Gasteiger partial charge in [0.05, 0.1) is 50.1 Å². The summed E-state index contributed by atoms with van der Waals surface area (Å²) in [5, 5.41) is 3.45. The van der Waals surface area contributed by atoms with Gasteiger partial charge in [0.15, 0.2) is 0 Å². The van der Waals surface area contributed by atoms with Gasteiger partial charge in [-0.05, 0) is 109 Å². The molecule has 0 amide bonds. The van der Waals surface area contributed by atoms with Gasteiger partial charge in [0, 0.05) is 113 Å². The van der Waals surface area contributed by atoms with E-state index in [1.165, 1.54) is 30.5 Å². The number of ether oxygens (including phenoxy) is 4. The maximum atomic E-state index is 15.1. The van der Waals surface area contributed by atoms with Crippen molar-refractivity contribution in [2.45, 2.75) is 38.1 Å². The van der Waals surface area contributed by atoms with Crippen LogP contribution < -0.4 is 41.4 Å². The standard InChI is InChI=1S/C31H29FN4O3.C22H20FN3O3/c32-27-5-4-25(28-16-24(17-30(37)35-28)36-9-11-38-12-10-36)31-26(27)15-21-14-22(3-6-29(21)39-31)34-18-23-13-20(7-8-33-23)19-1-2-19;23-18-3-2-16(22-17(18)10-13-9-14(24)1-4-20(13)29-22)19-11-15(12-21(27)25-19)26-5-7-28-8-6-26/h3-8,13-14,16-17,19,34H,1-2,9-12,15,18H2,(H,35,37);1-4,9,11-12H,5-8,10,24H2,(H,25,27). The predicted octanol–water partition coefficient (Wildman–Crippen LogP) is 8.89. The number of nitrogens with two attached hydrogens (primary N) is 1. The number of halogens is 2. The molecule has 5 aliphatic rings. The van der Waals surface area contributed by atoms with Crippen LogP contribution in [0, 0.1) is 11.6 Å². The highest BCUT2D eigenvalue weighted by atomic mass is 19.1. The molecule has 0 unspecified atom stereocenters. The van der Waals surface area contributed by atoms with Gasteiger partial charge in [-0.25, -0.2) is 8.78 Å². The Labute approximate surface area is 390 Å². The van der Waals surface area contributed by atoms with Gasteiger partial charge in [0.1, 0.15) is 34.6 Å². The average molecular weight is 918 g/mol. The number of H-pyrrole nitrogens is 2. The van der Waals surface area contributed by atoms with E-state index in [2.05, 4.69) is 42.2 Å². The molecule has 3 fully saturated rings. The number of morpholine rings is 2. The minimum absolute atomic E-state index is 0.212. The number of pyridine rings is 3. The van der Waals surface area contributed by atoms with E-state index < -0.39 is 0 Å². The van der Waals surface area contributed by atoms with Gasteiger partial charge in [0.2, 0.25) is 11.1 Å². The molecule has 12 rings (SSSR count). The molecule has 0 bridgehead atoms. The van der Waals surface area contributed by atoms with E-state index in [1.54, 1.807) is 42.5 Å². The Balaban J connectivity index is 0.000000156. The lowest BCUT2D eigenvalue weighted by atomic mass is 9.95. The van der Waals surface area contributed by atoms with E-state index in [0.717, 1.165) is 47.0 Å². The van der Waals surface area contributed by atoms with Crippen LogP contribution in [0.1, 0.15) is 52.3 Å². The Morgan fingerprint density at radius 3 is 1.75 bits per heavy atom. The zero-order valence-corrected chi connectivity index (χ0v) is 37.2. The summed E-state index contributed by atoms with van der Waals surface area (Å²) in [6.07, 6.45) is 5.17. The number of benzene rings is 4. The normalized spacial score (nSPS) is 15.9. The summed E-state index contributed by atoms with van der Waals surface area (Å²) in [5.41, 5.74) is 16.1. The molecule has 4 aromatic carbocycles. The van der Waals surface area contributed by atoms with Crippen molar-refractivity contribution < 1.29 is 27.7 Å². The Bertz CT molecular complexity index is 3180. The fourth-order valence-electron chi connectivity index (χ4n) is 9.37. The second-order valence-corrected chi connectivity index (χ2v) is 17.7. The van der Waals surface area contributed by atoms with Crippen molar-refractivity contribution in [3.8, 4) is 45.5 Å². The number of nitrogen functional groups attached to an aromatic ring is 1. The van der Waals surface area contributed by atoms with E-state index in [1.807, 2.05) is 36.5 Å². The number of fused-ring (bicyclic) bond motifs is 4. The van der Waals surface area contributed by atoms with Crippen molar-refractivity contribution >= 4 is 22.7 Å². The monoisotopic (exact) mass is 917 g/mol. The van der Waals surface area contributed by atoms with E-state index in [0.29, 0.717) is 127 Å². The molecule has 4 aliphatic heterocycles. The van der Waals surface area contributed by atoms with Gasteiger partial charge in [-0.3, -0.25) is 14.6 Å². The maximum absolute atomic E-state index is 15.1. The smallest absolute Gasteiger partial charge is 0.250 e. The highest BCUT2D eigenvalue weighted by Crippen LogP contribution is 2.46. The summed E-state index contributed by atoms with van der Waals surface area (Å²) in [4.78, 5) is 39.5. The van der Waals surface area contributed by atoms with Gasteiger partial charge in [-0.15, -0.1) is 0 Å². The summed E-state index contributed by atoms with van der Waals surface area (Å²) in [6, 6.07) is 28.7. The Morgan fingerprint density at radius 2 is 1.19 bits per heavy atom. The molecule has 7 heterocycles. The van der Waals surface area contributed by atoms with Gasteiger partial charge in [0.25, 0.3) is 0 Å². The first-order valence-electron chi connectivity index (χ1n) is 23.0. The zero-order valence-electron chi connectivity index (χ0n) is 37.2. The molecular weight excluding hydrogens is 869 g/mol. The first-order valence-corrected chi connectivity index (χ1v) is 23.0. The first-order chi connectivity index (χ1) is 33.2. The lowest BCUT2D eigenvalue weighted by Crippen LogP contribution is -2.36. The average Bonchev–Trinajstić information content (AvgIpc) is 4.22. The third kappa shape index (κ3) is 9.02. The largest absolute Gasteiger partial charge is 0.456 e. The number of anilines is 4. The van der Waals surface area contributed by atoms with Crippen molar-refractivity contribution in [1.82, 2.24) is 15.0 Å². The number of nitrogens with one attached hydrogen (secondary N) is 3. The van der Waals surface area contributed by atoms with Gasteiger partial charge >= 0.3 is 0 Å². The second-order valence-electron chi connectivity index (χ2n) is 17.7. The van der Waals surface area contributed by atoms with Crippen LogP contribution in [0.4, 0.5) is 31.5 Å². The van der Waals surface area contributed by atoms with Gasteiger partial charge in [-0.1, -0.05) is 0 Å². The summed E-state index contributed by atoms with van der Waals surface area (Å²) in [7, 11) is 0. The zero-order chi connectivity index (χ0) is 46.3. The number of nitrogens with zero attached hydrogens (tertiary/aromatic N) is 3. The molecule has 68 heavy (non-hydrogen) atoms. The highest BCUT2D eigenvalue weighted by molar-refractivity contribution is 5.76. The Hall–Kier alpha value is -7.49. The van der Waals surface area contributed by atoms with Crippen LogP contribution in [0.15, 0.2) is 113 Å². The molecule has 1 aliphatic carbocycles. The minimum atomic E-state index is -0.344. The number of hydrogen-bond donors (Lipinski definition) is 4. The molecule has 346 valence electrons. The molecule has 5 N–H and O–H groups in total. The fourth-order valence-corrected chi connectivity index (χ4v) is 9.37. The fraction of sp³-hybridized carbons (Fsp3) is 0.264. The van der Waals surface area contributed by atoms with Crippen molar-refractivity contribution in [3.05, 3.63) is 169 Å². The topological polar surface area (TPSA) is 160 Å². The van der Waals surface area contributed by atoms with E-state index in [-0.39, 0.29) is 22.8 Å². The number of hydrogen-bond acceptors (Lipinski definition) is 11. The van der Waals surface area contributed by atoms with Crippen molar-refractivity contribution in [2.24, 2.45) is 0 Å². The SMILES string of the molecule is Nc1ccc2c(c1)Cc1c(F)ccc(-c3cc(N4CCOCC4)cc(=O)[nH]3)c1O2.O=c1cc(N2CCOCC2)cc(-c2ccc(F)c3c2Oc2ccc(NCc4cc(C5CC5)ccn4)cc2C3)[nH]1. The molecule has 2 saturated heterocycles. The highest BCUT2D eigenvalue weighted by Gasteiger charge is 2.28. The van der Waals surface area contributed by atoms with Gasteiger partial charge < -0.3 is 49.8 Å². The Kier molecular flexibility index (Phi) is 11.6. The van der Waals surface area contributed by atoms with E-state index >= 15 is 4.39 Å². The van der Waals surface area contributed by atoms with Crippen LogP contribution in [-0.2, 0) is 28.9 Å². The molecule has 0 spiro atoms. The lowest BCUT2D eigenvalue weighted by molar-refractivity contribution is 0.122.